The lowest BCUT2D eigenvalue weighted by molar-refractivity contribution is 0.293. The predicted octanol–water partition coefficient (Wildman–Crippen LogP) is 2.48. The third-order valence-corrected chi connectivity index (χ3v) is 6.63. The first-order chi connectivity index (χ1) is 8.96. The summed E-state index contributed by atoms with van der Waals surface area (Å²) >= 11 is 9.33. The Morgan fingerprint density at radius 1 is 1.47 bits per heavy atom. The SMILES string of the molecule is CNC1CCCN(S(=O)(=O)c2c(Cl)cccc2Br)C1. The zero-order valence-electron chi connectivity index (χ0n) is 10.6. The molecule has 0 saturated carbocycles. The van der Waals surface area contributed by atoms with Crippen LogP contribution < -0.4 is 5.32 Å². The molecule has 1 aromatic rings. The normalized spacial score (nSPS) is 21.5. The molecule has 1 aliphatic rings. The first-order valence-electron chi connectivity index (χ1n) is 6.08. The molecule has 1 N–H and O–H groups in total. The van der Waals surface area contributed by atoms with Crippen LogP contribution in [0.25, 0.3) is 0 Å². The molecule has 1 unspecified atom stereocenters. The Morgan fingerprint density at radius 3 is 2.84 bits per heavy atom. The average Bonchev–Trinajstić information content (AvgIpc) is 2.38. The van der Waals surface area contributed by atoms with Crippen LogP contribution in [0.3, 0.4) is 0 Å². The monoisotopic (exact) mass is 366 g/mol. The molecule has 1 aliphatic heterocycles. The highest BCUT2D eigenvalue weighted by Crippen LogP contribution is 2.32. The zero-order valence-corrected chi connectivity index (χ0v) is 13.7. The standard InChI is InChI=1S/C12H16BrClN2O2S/c1-15-9-4-3-7-16(8-9)19(17,18)12-10(13)5-2-6-11(12)14/h2,5-6,9,15H,3-4,7-8H2,1H3. The molecule has 1 aromatic carbocycles. The quantitative estimate of drug-likeness (QED) is 0.893. The second-order valence-electron chi connectivity index (χ2n) is 4.54. The number of piperidine rings is 1. The average molecular weight is 368 g/mol. The number of hydrogen-bond donors (Lipinski definition) is 1. The van der Waals surface area contributed by atoms with Crippen LogP contribution in [0.5, 0.6) is 0 Å². The van der Waals surface area contributed by atoms with Gasteiger partial charge < -0.3 is 5.32 Å². The van der Waals surface area contributed by atoms with Gasteiger partial charge in [0.25, 0.3) is 0 Å². The maximum Gasteiger partial charge on any atom is 0.245 e. The minimum atomic E-state index is -3.55. The fourth-order valence-electron chi connectivity index (χ4n) is 2.25. The highest BCUT2D eigenvalue weighted by molar-refractivity contribution is 9.10. The molecule has 19 heavy (non-hydrogen) atoms. The summed E-state index contributed by atoms with van der Waals surface area (Å²) in [4.78, 5) is 0.161. The lowest BCUT2D eigenvalue weighted by Gasteiger charge is -2.32. The lowest BCUT2D eigenvalue weighted by atomic mass is 10.1. The first-order valence-corrected chi connectivity index (χ1v) is 8.69. The van der Waals surface area contributed by atoms with Crippen molar-refractivity contribution in [1.82, 2.24) is 9.62 Å². The number of hydrogen-bond acceptors (Lipinski definition) is 3. The maximum atomic E-state index is 12.7. The van der Waals surface area contributed by atoms with Crippen molar-refractivity contribution in [2.24, 2.45) is 0 Å². The molecule has 1 saturated heterocycles. The maximum absolute atomic E-state index is 12.7. The van der Waals surface area contributed by atoms with Crippen molar-refractivity contribution >= 4 is 37.6 Å². The third kappa shape index (κ3) is 3.13. The molecular formula is C12H16BrClN2O2S. The van der Waals surface area contributed by atoms with Crippen molar-refractivity contribution in [2.75, 3.05) is 20.1 Å². The minimum Gasteiger partial charge on any atom is -0.316 e. The van der Waals surface area contributed by atoms with Gasteiger partial charge in [-0.1, -0.05) is 17.7 Å². The fraction of sp³-hybridized carbons (Fsp3) is 0.500. The van der Waals surface area contributed by atoms with Gasteiger partial charge in [0.1, 0.15) is 4.90 Å². The van der Waals surface area contributed by atoms with E-state index in [1.165, 1.54) is 4.31 Å². The van der Waals surface area contributed by atoms with E-state index in [9.17, 15) is 8.42 Å². The molecule has 7 heteroatoms. The van der Waals surface area contributed by atoms with E-state index in [0.29, 0.717) is 17.6 Å². The second kappa shape index (κ2) is 6.10. The fourth-order valence-corrected chi connectivity index (χ4v) is 5.45. The second-order valence-corrected chi connectivity index (χ2v) is 7.68. The number of nitrogens with zero attached hydrogens (tertiary/aromatic N) is 1. The van der Waals surface area contributed by atoms with Crippen molar-refractivity contribution in [1.29, 1.82) is 0 Å². The van der Waals surface area contributed by atoms with Gasteiger partial charge >= 0.3 is 0 Å². The minimum absolute atomic E-state index is 0.161. The molecule has 0 aromatic heterocycles. The van der Waals surface area contributed by atoms with Crippen LogP contribution in [0.2, 0.25) is 5.02 Å². The molecule has 106 valence electrons. The van der Waals surface area contributed by atoms with Crippen molar-refractivity contribution < 1.29 is 8.42 Å². The summed E-state index contributed by atoms with van der Waals surface area (Å²) in [6.07, 6.45) is 1.85. The smallest absolute Gasteiger partial charge is 0.245 e. The number of likely N-dealkylation sites (N-methyl/N-ethyl adjacent to an activating group) is 1. The Labute approximate surface area is 127 Å². The van der Waals surface area contributed by atoms with E-state index in [4.69, 9.17) is 11.6 Å². The van der Waals surface area contributed by atoms with E-state index in [-0.39, 0.29) is 16.0 Å². The molecule has 1 heterocycles. The Morgan fingerprint density at radius 2 is 2.21 bits per heavy atom. The number of nitrogens with one attached hydrogen (secondary N) is 1. The van der Waals surface area contributed by atoms with Crippen LogP contribution in [0.1, 0.15) is 12.8 Å². The summed E-state index contributed by atoms with van der Waals surface area (Å²) in [7, 11) is -1.70. The van der Waals surface area contributed by atoms with Gasteiger partial charge in [-0.2, -0.15) is 4.31 Å². The van der Waals surface area contributed by atoms with E-state index in [1.54, 1.807) is 18.2 Å². The van der Waals surface area contributed by atoms with Crippen LogP contribution in [-0.2, 0) is 10.0 Å². The molecule has 1 fully saturated rings. The van der Waals surface area contributed by atoms with Gasteiger partial charge in [0.2, 0.25) is 10.0 Å². The Balaban J connectivity index is 2.37. The summed E-state index contributed by atoms with van der Waals surface area (Å²) in [5.41, 5.74) is 0. The Hall–Kier alpha value is -0.140. The highest BCUT2D eigenvalue weighted by Gasteiger charge is 2.32. The van der Waals surface area contributed by atoms with Crippen LogP contribution in [0.4, 0.5) is 0 Å². The summed E-state index contributed by atoms with van der Waals surface area (Å²) in [6, 6.07) is 5.21. The van der Waals surface area contributed by atoms with E-state index >= 15 is 0 Å². The molecule has 0 amide bonds. The summed E-state index contributed by atoms with van der Waals surface area (Å²) in [5, 5.41) is 3.39. The van der Waals surface area contributed by atoms with Crippen molar-refractivity contribution in [3.05, 3.63) is 27.7 Å². The van der Waals surface area contributed by atoms with Gasteiger partial charge in [0.05, 0.1) is 5.02 Å². The van der Waals surface area contributed by atoms with Crippen LogP contribution in [-0.4, -0.2) is 38.9 Å². The zero-order chi connectivity index (χ0) is 14.0. The molecule has 0 radical (unpaired) electrons. The van der Waals surface area contributed by atoms with E-state index in [0.717, 1.165) is 12.8 Å². The topological polar surface area (TPSA) is 49.4 Å². The summed E-state index contributed by atoms with van der Waals surface area (Å²) in [6.45, 7) is 1.02. The van der Waals surface area contributed by atoms with Crippen LogP contribution >= 0.6 is 27.5 Å². The number of halogens is 2. The highest BCUT2D eigenvalue weighted by atomic mass is 79.9. The number of benzene rings is 1. The van der Waals surface area contributed by atoms with Crippen LogP contribution in [0.15, 0.2) is 27.6 Å². The molecule has 0 aliphatic carbocycles. The molecule has 4 nitrogen and oxygen atoms in total. The summed E-state index contributed by atoms with van der Waals surface area (Å²) in [5.74, 6) is 0. The molecule has 2 rings (SSSR count). The van der Waals surface area contributed by atoms with Crippen LogP contribution in [0, 0.1) is 0 Å². The molecular weight excluding hydrogens is 352 g/mol. The van der Waals surface area contributed by atoms with Gasteiger partial charge in [0, 0.05) is 23.6 Å². The third-order valence-electron chi connectivity index (χ3n) is 3.31. The predicted molar refractivity (Wildman–Crippen MR) is 80.0 cm³/mol. The van der Waals surface area contributed by atoms with Gasteiger partial charge in [-0.05, 0) is 48.0 Å². The Kier molecular flexibility index (Phi) is 4.89. The van der Waals surface area contributed by atoms with Gasteiger partial charge in [-0.3, -0.25) is 0 Å². The van der Waals surface area contributed by atoms with Crippen molar-refractivity contribution in [3.63, 3.8) is 0 Å². The molecule has 0 bridgehead atoms. The number of sulfonamides is 1. The largest absolute Gasteiger partial charge is 0.316 e. The molecule has 0 spiro atoms. The molecule has 1 atom stereocenters. The van der Waals surface area contributed by atoms with Crippen molar-refractivity contribution in [2.45, 2.75) is 23.8 Å². The van der Waals surface area contributed by atoms with Crippen molar-refractivity contribution in [3.8, 4) is 0 Å². The van der Waals surface area contributed by atoms with E-state index in [1.807, 2.05) is 7.05 Å². The summed E-state index contributed by atoms with van der Waals surface area (Å²) < 4.78 is 27.4. The van der Waals surface area contributed by atoms with Gasteiger partial charge in [-0.25, -0.2) is 8.42 Å². The lowest BCUT2D eigenvalue weighted by Crippen LogP contribution is -2.46. The number of rotatable bonds is 3. The van der Waals surface area contributed by atoms with E-state index < -0.39 is 10.0 Å². The van der Waals surface area contributed by atoms with E-state index in [2.05, 4.69) is 21.2 Å². The van der Waals surface area contributed by atoms with Gasteiger partial charge in [0.15, 0.2) is 0 Å². The van der Waals surface area contributed by atoms with Gasteiger partial charge in [-0.15, -0.1) is 0 Å². The first kappa shape index (κ1) is 15.3. The Bertz CT molecular complexity index is 545.